The molecule has 0 bridgehead atoms. The van der Waals surface area contributed by atoms with Gasteiger partial charge in [0.2, 0.25) is 11.9 Å². The maximum absolute atomic E-state index is 11.0. The summed E-state index contributed by atoms with van der Waals surface area (Å²) in [6.45, 7) is 0.912. The summed E-state index contributed by atoms with van der Waals surface area (Å²) in [6, 6.07) is 0. The minimum atomic E-state index is -0.155. The molecular formula is C7H18N5O+. The summed E-state index contributed by atoms with van der Waals surface area (Å²) >= 11 is 0. The molecule has 0 aliphatic heterocycles. The summed E-state index contributed by atoms with van der Waals surface area (Å²) in [5.41, 5.74) is 16.0. The lowest BCUT2D eigenvalue weighted by atomic mass is 10.2. The van der Waals surface area contributed by atoms with Gasteiger partial charge in [0.25, 0.3) is 0 Å². The van der Waals surface area contributed by atoms with Crippen molar-refractivity contribution in [2.75, 3.05) is 6.54 Å². The Morgan fingerprint density at radius 1 is 1.31 bits per heavy atom. The number of nitrogens with two attached hydrogens (primary N) is 2. The first kappa shape index (κ1) is 11.7. The predicted octanol–water partition coefficient (Wildman–Crippen LogP) is -1.91. The van der Waals surface area contributed by atoms with Gasteiger partial charge in [-0.3, -0.25) is 4.79 Å². The molecule has 0 aromatic carbocycles. The first-order valence-corrected chi connectivity index (χ1v) is 4.33. The summed E-state index contributed by atoms with van der Waals surface area (Å²) < 4.78 is 0. The molecule has 1 amide bonds. The molecule has 0 saturated heterocycles. The highest BCUT2D eigenvalue weighted by atomic mass is 16.2. The van der Waals surface area contributed by atoms with E-state index in [9.17, 15) is 4.79 Å². The lowest BCUT2D eigenvalue weighted by molar-refractivity contribution is -0.368. The van der Waals surface area contributed by atoms with Crippen LogP contribution in [0.15, 0.2) is 5.10 Å². The molecule has 8 N–H and O–H groups in total. The van der Waals surface area contributed by atoms with Crippen LogP contribution in [0, 0.1) is 0 Å². The Labute approximate surface area is 77.5 Å². The molecule has 0 spiro atoms. The third-order valence-electron chi connectivity index (χ3n) is 1.46. The molecule has 0 fully saturated rings. The van der Waals surface area contributed by atoms with Gasteiger partial charge >= 0.3 is 0 Å². The van der Waals surface area contributed by atoms with Gasteiger partial charge in [-0.1, -0.05) is 0 Å². The van der Waals surface area contributed by atoms with Gasteiger partial charge in [-0.15, -0.1) is 5.10 Å². The van der Waals surface area contributed by atoms with E-state index in [4.69, 9.17) is 11.5 Å². The SMILES string of the molecule is NC(N)=NNC(=O)CCCCC[NH3+]. The van der Waals surface area contributed by atoms with Crippen molar-refractivity contribution in [2.45, 2.75) is 25.7 Å². The van der Waals surface area contributed by atoms with Gasteiger partial charge < -0.3 is 17.2 Å². The Morgan fingerprint density at radius 2 is 2.00 bits per heavy atom. The topological polar surface area (TPSA) is 121 Å². The maximum atomic E-state index is 11.0. The Kier molecular flexibility index (Phi) is 6.62. The molecule has 0 unspecified atom stereocenters. The van der Waals surface area contributed by atoms with E-state index in [-0.39, 0.29) is 11.9 Å². The number of guanidine groups is 1. The zero-order valence-corrected chi connectivity index (χ0v) is 7.75. The number of rotatable bonds is 6. The first-order chi connectivity index (χ1) is 6.16. The number of amides is 1. The number of hydrogen-bond acceptors (Lipinski definition) is 2. The average molecular weight is 188 g/mol. The summed E-state index contributed by atoms with van der Waals surface area (Å²) in [5.74, 6) is -0.288. The van der Waals surface area contributed by atoms with Crippen LogP contribution in [-0.2, 0) is 4.79 Å². The number of hydrogen-bond donors (Lipinski definition) is 4. The van der Waals surface area contributed by atoms with Crippen molar-refractivity contribution in [3.05, 3.63) is 0 Å². The zero-order chi connectivity index (χ0) is 10.1. The number of unbranched alkanes of at least 4 members (excludes halogenated alkanes) is 2. The smallest absolute Gasteiger partial charge is 0.240 e. The number of carbonyl (C=O) groups is 1. The molecule has 13 heavy (non-hydrogen) atoms. The largest absolute Gasteiger partial charge is 0.369 e. The maximum Gasteiger partial charge on any atom is 0.240 e. The highest BCUT2D eigenvalue weighted by molar-refractivity contribution is 5.80. The van der Waals surface area contributed by atoms with E-state index in [1.165, 1.54) is 0 Å². The number of quaternary nitrogens is 1. The molecule has 6 nitrogen and oxygen atoms in total. The highest BCUT2D eigenvalue weighted by Gasteiger charge is 1.98. The molecule has 0 radical (unpaired) electrons. The third-order valence-corrected chi connectivity index (χ3v) is 1.46. The monoisotopic (exact) mass is 188 g/mol. The van der Waals surface area contributed by atoms with E-state index < -0.39 is 0 Å². The molecule has 6 heteroatoms. The fourth-order valence-corrected chi connectivity index (χ4v) is 0.822. The van der Waals surface area contributed by atoms with E-state index in [1.54, 1.807) is 0 Å². The van der Waals surface area contributed by atoms with Crippen molar-refractivity contribution < 1.29 is 10.5 Å². The third kappa shape index (κ3) is 8.61. The van der Waals surface area contributed by atoms with Crippen LogP contribution in [-0.4, -0.2) is 18.4 Å². The van der Waals surface area contributed by atoms with Crippen molar-refractivity contribution in [1.82, 2.24) is 5.43 Å². The van der Waals surface area contributed by atoms with E-state index in [1.807, 2.05) is 0 Å². The van der Waals surface area contributed by atoms with Crippen LogP contribution >= 0.6 is 0 Å². The molecule has 0 atom stereocenters. The van der Waals surface area contributed by atoms with Crippen molar-refractivity contribution in [3.8, 4) is 0 Å². The standard InChI is InChI=1S/C7H17N5O/c8-5-3-1-2-4-6(13)11-12-7(9)10/h1-5,8H2,(H,11,13)(H4,9,10,12)/p+1. The van der Waals surface area contributed by atoms with Crippen molar-refractivity contribution in [2.24, 2.45) is 16.6 Å². The van der Waals surface area contributed by atoms with Gasteiger partial charge in [-0.25, -0.2) is 5.43 Å². The van der Waals surface area contributed by atoms with Crippen molar-refractivity contribution >= 4 is 11.9 Å². The molecule has 76 valence electrons. The molecule has 0 aliphatic carbocycles. The van der Waals surface area contributed by atoms with Gasteiger partial charge in [0.1, 0.15) is 0 Å². The number of nitrogens with one attached hydrogen (secondary N) is 1. The quantitative estimate of drug-likeness (QED) is 0.168. The van der Waals surface area contributed by atoms with E-state index in [2.05, 4.69) is 16.3 Å². The lowest BCUT2D eigenvalue weighted by Crippen LogP contribution is -2.50. The van der Waals surface area contributed by atoms with E-state index >= 15 is 0 Å². The van der Waals surface area contributed by atoms with E-state index in [0.717, 1.165) is 25.8 Å². The Hall–Kier alpha value is -1.30. The normalized spacial score (nSPS) is 9.31. The van der Waals surface area contributed by atoms with Crippen LogP contribution in [0.1, 0.15) is 25.7 Å². The molecule has 0 aromatic heterocycles. The zero-order valence-electron chi connectivity index (χ0n) is 7.75. The fourth-order valence-electron chi connectivity index (χ4n) is 0.822. The Bertz CT molecular complexity index is 176. The highest BCUT2D eigenvalue weighted by Crippen LogP contribution is 1.97. The fraction of sp³-hybridized carbons (Fsp3) is 0.714. The summed E-state index contributed by atoms with van der Waals surface area (Å²) in [6.07, 6.45) is 3.37. The molecule has 0 aromatic rings. The second-order valence-electron chi connectivity index (χ2n) is 2.74. The minimum absolute atomic E-state index is 0.133. The van der Waals surface area contributed by atoms with Crippen LogP contribution in [0.2, 0.25) is 0 Å². The second-order valence-corrected chi connectivity index (χ2v) is 2.74. The molecular weight excluding hydrogens is 170 g/mol. The lowest BCUT2D eigenvalue weighted by Gasteiger charge is -1.98. The van der Waals surface area contributed by atoms with Crippen LogP contribution in [0.3, 0.4) is 0 Å². The minimum Gasteiger partial charge on any atom is -0.369 e. The summed E-state index contributed by atoms with van der Waals surface area (Å²) in [5, 5.41) is 3.38. The molecule has 0 heterocycles. The number of carbonyl (C=O) groups excluding carboxylic acids is 1. The number of nitrogens with zero attached hydrogens (tertiary/aromatic N) is 1. The molecule has 0 aliphatic rings. The van der Waals surface area contributed by atoms with Crippen LogP contribution in [0.4, 0.5) is 0 Å². The summed E-state index contributed by atoms with van der Waals surface area (Å²) in [7, 11) is 0. The van der Waals surface area contributed by atoms with Gasteiger partial charge in [0.05, 0.1) is 6.54 Å². The van der Waals surface area contributed by atoms with Crippen molar-refractivity contribution in [3.63, 3.8) is 0 Å². The Balaban J connectivity index is 3.36. The Morgan fingerprint density at radius 3 is 2.54 bits per heavy atom. The molecule has 0 rings (SSSR count). The predicted molar refractivity (Wildman–Crippen MR) is 50.2 cm³/mol. The van der Waals surface area contributed by atoms with Crippen molar-refractivity contribution in [1.29, 1.82) is 0 Å². The van der Waals surface area contributed by atoms with Gasteiger partial charge in [-0.05, 0) is 19.3 Å². The van der Waals surface area contributed by atoms with Gasteiger partial charge in [0, 0.05) is 6.42 Å². The van der Waals surface area contributed by atoms with Crippen LogP contribution in [0.5, 0.6) is 0 Å². The van der Waals surface area contributed by atoms with E-state index in [0.29, 0.717) is 6.42 Å². The van der Waals surface area contributed by atoms with Gasteiger partial charge in [-0.2, -0.15) is 0 Å². The summed E-state index contributed by atoms with van der Waals surface area (Å²) in [4.78, 5) is 11.0. The average Bonchev–Trinajstić information content (AvgIpc) is 2.09. The number of hydrazone groups is 1. The first-order valence-electron chi connectivity index (χ1n) is 4.33. The van der Waals surface area contributed by atoms with Crippen LogP contribution < -0.4 is 22.6 Å². The van der Waals surface area contributed by atoms with Gasteiger partial charge in [0.15, 0.2) is 0 Å². The molecule has 0 saturated carbocycles. The van der Waals surface area contributed by atoms with Crippen LogP contribution in [0.25, 0.3) is 0 Å². The second kappa shape index (κ2) is 7.35.